The molecule has 0 aromatic carbocycles. The molecular weight excluding hydrogens is 250 g/mol. The van der Waals surface area contributed by atoms with Crippen LogP contribution in [0, 0.1) is 11.8 Å². The normalized spacial score (nSPS) is 25.4. The highest BCUT2D eigenvalue weighted by atomic mass is 32.1. The van der Waals surface area contributed by atoms with Crippen LogP contribution in [0.3, 0.4) is 0 Å². The average Bonchev–Trinajstić information content (AvgIpc) is 2.93. The number of hydrogen-bond donors (Lipinski definition) is 1. The van der Waals surface area contributed by atoms with Gasteiger partial charge in [-0.2, -0.15) is 0 Å². The van der Waals surface area contributed by atoms with Gasteiger partial charge in [-0.15, -0.1) is 11.3 Å². The second-order valence-electron chi connectivity index (χ2n) is 5.90. The summed E-state index contributed by atoms with van der Waals surface area (Å²) in [6.45, 7) is 7.97. The Morgan fingerprint density at radius 2 is 2.16 bits per heavy atom. The van der Waals surface area contributed by atoms with Crippen LogP contribution in [-0.4, -0.2) is 6.54 Å². The molecule has 1 aromatic rings. The van der Waals surface area contributed by atoms with E-state index in [0.29, 0.717) is 6.04 Å². The maximum atomic E-state index is 3.78. The third-order valence-electron chi connectivity index (χ3n) is 4.74. The van der Waals surface area contributed by atoms with E-state index in [0.717, 1.165) is 18.4 Å². The van der Waals surface area contributed by atoms with Gasteiger partial charge in [0.1, 0.15) is 0 Å². The lowest BCUT2D eigenvalue weighted by Crippen LogP contribution is -2.31. The number of thiophene rings is 1. The molecule has 1 heterocycles. The first-order chi connectivity index (χ1) is 9.30. The van der Waals surface area contributed by atoms with Gasteiger partial charge in [-0.05, 0) is 54.7 Å². The molecule has 0 bridgehead atoms. The maximum Gasteiger partial charge on any atom is 0.0446 e. The predicted octanol–water partition coefficient (Wildman–Crippen LogP) is 5.18. The minimum absolute atomic E-state index is 0.606. The van der Waals surface area contributed by atoms with Crippen molar-refractivity contribution in [2.75, 3.05) is 6.54 Å². The van der Waals surface area contributed by atoms with Crippen LogP contribution in [0.5, 0.6) is 0 Å². The van der Waals surface area contributed by atoms with Gasteiger partial charge in [0, 0.05) is 10.9 Å². The molecule has 2 rings (SSSR count). The van der Waals surface area contributed by atoms with Crippen molar-refractivity contribution >= 4 is 11.3 Å². The number of rotatable bonds is 6. The summed E-state index contributed by atoms with van der Waals surface area (Å²) in [4.78, 5) is 1.62. The van der Waals surface area contributed by atoms with Gasteiger partial charge >= 0.3 is 0 Å². The zero-order chi connectivity index (χ0) is 13.7. The topological polar surface area (TPSA) is 12.0 Å². The van der Waals surface area contributed by atoms with Gasteiger partial charge in [0.25, 0.3) is 0 Å². The highest BCUT2D eigenvalue weighted by Gasteiger charge is 2.29. The Hall–Kier alpha value is -0.340. The molecule has 1 aliphatic carbocycles. The Kier molecular flexibility index (Phi) is 5.90. The van der Waals surface area contributed by atoms with E-state index >= 15 is 0 Å². The van der Waals surface area contributed by atoms with Gasteiger partial charge in [-0.1, -0.05) is 40.0 Å². The molecule has 1 aliphatic rings. The minimum atomic E-state index is 0.606. The lowest BCUT2D eigenvalue weighted by atomic mass is 9.76. The molecule has 0 radical (unpaired) electrons. The Bertz CT molecular complexity index is 371. The van der Waals surface area contributed by atoms with Crippen molar-refractivity contribution in [2.24, 2.45) is 11.8 Å². The van der Waals surface area contributed by atoms with Crippen molar-refractivity contribution < 1.29 is 0 Å². The van der Waals surface area contributed by atoms with E-state index in [-0.39, 0.29) is 0 Å². The first-order valence-corrected chi connectivity index (χ1v) is 8.97. The van der Waals surface area contributed by atoms with Crippen molar-refractivity contribution in [3.63, 3.8) is 0 Å². The summed E-state index contributed by atoms with van der Waals surface area (Å²) < 4.78 is 0. The first kappa shape index (κ1) is 15.1. The molecule has 108 valence electrons. The van der Waals surface area contributed by atoms with Crippen LogP contribution >= 0.6 is 11.3 Å². The van der Waals surface area contributed by atoms with Crippen LogP contribution in [0.1, 0.15) is 69.4 Å². The summed E-state index contributed by atoms with van der Waals surface area (Å²) in [7, 11) is 0. The average molecular weight is 279 g/mol. The molecular formula is C17H29NS. The first-order valence-electron chi connectivity index (χ1n) is 8.09. The molecule has 1 N–H and O–H groups in total. The van der Waals surface area contributed by atoms with Crippen molar-refractivity contribution in [3.05, 3.63) is 21.9 Å². The number of nitrogens with one attached hydrogen (secondary N) is 1. The van der Waals surface area contributed by atoms with E-state index in [9.17, 15) is 0 Å². The fourth-order valence-electron chi connectivity index (χ4n) is 3.61. The smallest absolute Gasteiger partial charge is 0.0446 e. The van der Waals surface area contributed by atoms with E-state index in [2.05, 4.69) is 37.5 Å². The Labute approximate surface area is 122 Å². The largest absolute Gasteiger partial charge is 0.309 e. The van der Waals surface area contributed by atoms with E-state index < -0.39 is 0 Å². The van der Waals surface area contributed by atoms with Crippen LogP contribution in [0.15, 0.2) is 11.4 Å². The quantitative estimate of drug-likeness (QED) is 0.756. The molecule has 1 nitrogen and oxygen atoms in total. The van der Waals surface area contributed by atoms with Crippen molar-refractivity contribution in [1.29, 1.82) is 0 Å². The van der Waals surface area contributed by atoms with Gasteiger partial charge in [0.05, 0.1) is 0 Å². The summed E-state index contributed by atoms with van der Waals surface area (Å²) >= 11 is 1.96. The molecule has 0 amide bonds. The van der Waals surface area contributed by atoms with Gasteiger partial charge in [0.2, 0.25) is 0 Å². The monoisotopic (exact) mass is 279 g/mol. The summed E-state index contributed by atoms with van der Waals surface area (Å²) in [5, 5.41) is 6.06. The zero-order valence-electron chi connectivity index (χ0n) is 12.7. The lowest BCUT2D eigenvalue weighted by molar-refractivity contribution is 0.212. The van der Waals surface area contributed by atoms with Gasteiger partial charge in [0.15, 0.2) is 0 Å². The van der Waals surface area contributed by atoms with Crippen LogP contribution in [0.2, 0.25) is 0 Å². The highest BCUT2D eigenvalue weighted by molar-refractivity contribution is 7.10. The highest BCUT2D eigenvalue weighted by Crippen LogP contribution is 2.40. The maximum absolute atomic E-state index is 3.78. The molecule has 2 heteroatoms. The van der Waals surface area contributed by atoms with Crippen molar-refractivity contribution in [1.82, 2.24) is 5.32 Å². The Balaban J connectivity index is 2.15. The van der Waals surface area contributed by atoms with Crippen LogP contribution in [0.25, 0.3) is 0 Å². The second-order valence-corrected chi connectivity index (χ2v) is 6.85. The summed E-state index contributed by atoms with van der Waals surface area (Å²) in [5.74, 6) is 1.81. The van der Waals surface area contributed by atoms with Crippen LogP contribution in [0.4, 0.5) is 0 Å². The minimum Gasteiger partial charge on any atom is -0.309 e. The molecule has 0 spiro atoms. The Morgan fingerprint density at radius 1 is 1.32 bits per heavy atom. The molecule has 1 fully saturated rings. The van der Waals surface area contributed by atoms with E-state index in [1.165, 1.54) is 38.5 Å². The van der Waals surface area contributed by atoms with Crippen LogP contribution < -0.4 is 5.32 Å². The molecule has 1 saturated carbocycles. The number of hydrogen-bond acceptors (Lipinski definition) is 2. The molecule has 0 saturated heterocycles. The van der Waals surface area contributed by atoms with E-state index in [1.54, 1.807) is 10.4 Å². The lowest BCUT2D eigenvalue weighted by Gasteiger charge is -2.35. The van der Waals surface area contributed by atoms with E-state index in [1.807, 2.05) is 11.3 Å². The molecule has 19 heavy (non-hydrogen) atoms. The fraction of sp³-hybridized carbons (Fsp3) is 0.765. The van der Waals surface area contributed by atoms with Crippen molar-refractivity contribution in [3.8, 4) is 0 Å². The summed E-state index contributed by atoms with van der Waals surface area (Å²) in [5.41, 5.74) is 1.56. The van der Waals surface area contributed by atoms with Gasteiger partial charge in [-0.25, -0.2) is 0 Å². The third kappa shape index (κ3) is 3.61. The number of aryl methyl sites for hydroxylation is 1. The molecule has 0 aliphatic heterocycles. The SMILES string of the molecule is CCNC(c1sccc1CC)C1CCCC(CC)C1. The van der Waals surface area contributed by atoms with Gasteiger partial charge < -0.3 is 5.32 Å². The Morgan fingerprint density at radius 3 is 2.84 bits per heavy atom. The summed E-state index contributed by atoms with van der Waals surface area (Å²) in [6, 6.07) is 2.93. The second kappa shape index (κ2) is 7.44. The molecule has 3 atom stereocenters. The fourth-order valence-corrected chi connectivity index (χ4v) is 4.78. The van der Waals surface area contributed by atoms with Crippen molar-refractivity contribution in [2.45, 2.75) is 65.3 Å². The standard InChI is InChI=1S/C17H29NS/c1-4-13-8-7-9-15(12-13)16(18-6-3)17-14(5-2)10-11-19-17/h10-11,13,15-16,18H,4-9,12H2,1-3H3. The van der Waals surface area contributed by atoms with Gasteiger partial charge in [-0.3, -0.25) is 0 Å². The van der Waals surface area contributed by atoms with Crippen LogP contribution in [-0.2, 0) is 6.42 Å². The van der Waals surface area contributed by atoms with E-state index in [4.69, 9.17) is 0 Å². The molecule has 3 unspecified atom stereocenters. The zero-order valence-corrected chi connectivity index (χ0v) is 13.6. The molecule has 1 aromatic heterocycles. The predicted molar refractivity (Wildman–Crippen MR) is 85.9 cm³/mol. The third-order valence-corrected chi connectivity index (χ3v) is 5.78. The summed E-state index contributed by atoms with van der Waals surface area (Å²) in [6.07, 6.45) is 8.25.